The number of hydrogen-bond donors (Lipinski definition) is 1. The minimum absolute atomic E-state index is 0.256. The Hall–Kier alpha value is -2.47. The summed E-state index contributed by atoms with van der Waals surface area (Å²) in [6, 6.07) is 10.0. The van der Waals surface area contributed by atoms with E-state index in [9.17, 15) is 4.79 Å². The molecule has 2 aromatic rings. The highest BCUT2D eigenvalue weighted by Crippen LogP contribution is 2.25. The van der Waals surface area contributed by atoms with Crippen LogP contribution in [-0.2, 0) is 16.1 Å². The molecular formula is C19H23N3O3. The number of carbonyl (C=O) groups is 1. The van der Waals surface area contributed by atoms with Crippen LogP contribution in [0.5, 0.6) is 0 Å². The zero-order valence-corrected chi connectivity index (χ0v) is 14.6. The van der Waals surface area contributed by atoms with Gasteiger partial charge in [-0.25, -0.2) is 9.97 Å². The van der Waals surface area contributed by atoms with Crippen LogP contribution >= 0.6 is 0 Å². The van der Waals surface area contributed by atoms with Crippen molar-refractivity contribution in [2.75, 3.05) is 25.1 Å². The van der Waals surface area contributed by atoms with Crippen LogP contribution < -0.4 is 4.90 Å². The standard InChI is InChI=1S/C19H23N3O3/c1-13-3-5-14(6-4-13)18-20-16(12-25-2)11-17(21-18)22-9-7-15(8-10-22)19(23)24/h3-6,11,15H,7-10,12H2,1-2H3,(H,23,24). The molecule has 3 rings (SSSR count). The summed E-state index contributed by atoms with van der Waals surface area (Å²) in [6.45, 7) is 3.84. The van der Waals surface area contributed by atoms with Gasteiger partial charge in [0.05, 0.1) is 18.2 Å². The van der Waals surface area contributed by atoms with E-state index in [2.05, 4.69) is 9.88 Å². The molecule has 0 aliphatic carbocycles. The van der Waals surface area contributed by atoms with Crippen LogP contribution in [0.25, 0.3) is 11.4 Å². The van der Waals surface area contributed by atoms with E-state index in [1.807, 2.05) is 37.3 Å². The minimum Gasteiger partial charge on any atom is -0.481 e. The number of aryl methyl sites for hydroxylation is 1. The van der Waals surface area contributed by atoms with E-state index in [4.69, 9.17) is 14.8 Å². The minimum atomic E-state index is -0.706. The predicted octanol–water partition coefficient (Wildman–Crippen LogP) is 2.90. The molecule has 25 heavy (non-hydrogen) atoms. The second kappa shape index (κ2) is 7.61. The van der Waals surface area contributed by atoms with Crippen molar-refractivity contribution in [3.8, 4) is 11.4 Å². The number of carboxylic acid groups (broad SMARTS) is 1. The van der Waals surface area contributed by atoms with E-state index < -0.39 is 5.97 Å². The first-order valence-electron chi connectivity index (χ1n) is 8.48. The molecule has 0 unspecified atom stereocenters. The molecule has 0 spiro atoms. The van der Waals surface area contributed by atoms with Crippen LogP contribution in [0.15, 0.2) is 30.3 Å². The van der Waals surface area contributed by atoms with Gasteiger partial charge in [-0.15, -0.1) is 0 Å². The number of aromatic nitrogens is 2. The number of carboxylic acids is 1. The van der Waals surface area contributed by atoms with Crippen LogP contribution in [0.2, 0.25) is 0 Å². The van der Waals surface area contributed by atoms with E-state index in [1.165, 1.54) is 5.56 Å². The van der Waals surface area contributed by atoms with Gasteiger partial charge in [0.15, 0.2) is 5.82 Å². The summed E-state index contributed by atoms with van der Waals surface area (Å²) in [6.07, 6.45) is 1.28. The zero-order valence-electron chi connectivity index (χ0n) is 14.6. The third-order valence-corrected chi connectivity index (χ3v) is 4.54. The lowest BCUT2D eigenvalue weighted by atomic mass is 9.97. The smallest absolute Gasteiger partial charge is 0.306 e. The highest BCUT2D eigenvalue weighted by Gasteiger charge is 2.25. The molecule has 0 bridgehead atoms. The molecule has 1 aliphatic heterocycles. The molecule has 1 fully saturated rings. The number of hydrogen-bond acceptors (Lipinski definition) is 5. The Kier molecular flexibility index (Phi) is 5.28. The number of rotatable bonds is 5. The molecule has 0 amide bonds. The first-order valence-corrected chi connectivity index (χ1v) is 8.48. The Morgan fingerprint density at radius 3 is 2.52 bits per heavy atom. The topological polar surface area (TPSA) is 75.5 Å². The van der Waals surface area contributed by atoms with Gasteiger partial charge < -0.3 is 14.7 Å². The molecule has 1 N–H and O–H groups in total. The molecule has 132 valence electrons. The summed E-state index contributed by atoms with van der Waals surface area (Å²) in [7, 11) is 1.64. The van der Waals surface area contributed by atoms with Crippen LogP contribution in [0.3, 0.4) is 0 Å². The Balaban J connectivity index is 1.88. The highest BCUT2D eigenvalue weighted by molar-refractivity contribution is 5.70. The van der Waals surface area contributed by atoms with Gasteiger partial charge in [0, 0.05) is 31.8 Å². The monoisotopic (exact) mass is 341 g/mol. The molecule has 2 heterocycles. The van der Waals surface area contributed by atoms with Crippen molar-refractivity contribution in [2.45, 2.75) is 26.4 Å². The predicted molar refractivity (Wildman–Crippen MR) is 95.5 cm³/mol. The maximum Gasteiger partial charge on any atom is 0.306 e. The Bertz CT molecular complexity index is 738. The number of ether oxygens (including phenoxy) is 1. The highest BCUT2D eigenvalue weighted by atomic mass is 16.5. The molecule has 6 heteroatoms. The van der Waals surface area contributed by atoms with Gasteiger partial charge in [-0.05, 0) is 19.8 Å². The summed E-state index contributed by atoms with van der Waals surface area (Å²) < 4.78 is 5.24. The second-order valence-corrected chi connectivity index (χ2v) is 6.44. The molecule has 1 aromatic heterocycles. The molecule has 0 radical (unpaired) electrons. The summed E-state index contributed by atoms with van der Waals surface area (Å²) in [5, 5.41) is 9.16. The lowest BCUT2D eigenvalue weighted by molar-refractivity contribution is -0.142. The number of anilines is 1. The van der Waals surface area contributed by atoms with Crippen molar-refractivity contribution in [3.63, 3.8) is 0 Å². The Morgan fingerprint density at radius 1 is 1.24 bits per heavy atom. The average molecular weight is 341 g/mol. The van der Waals surface area contributed by atoms with Gasteiger partial charge in [-0.3, -0.25) is 4.79 Å². The molecule has 1 aromatic carbocycles. The van der Waals surface area contributed by atoms with Crippen molar-refractivity contribution in [3.05, 3.63) is 41.6 Å². The van der Waals surface area contributed by atoms with E-state index in [-0.39, 0.29) is 5.92 Å². The number of aliphatic carboxylic acids is 1. The molecular weight excluding hydrogens is 318 g/mol. The first kappa shape index (κ1) is 17.4. The van der Waals surface area contributed by atoms with Gasteiger partial charge >= 0.3 is 5.97 Å². The largest absolute Gasteiger partial charge is 0.481 e. The fraction of sp³-hybridized carbons (Fsp3) is 0.421. The van der Waals surface area contributed by atoms with Gasteiger partial charge in [-0.2, -0.15) is 0 Å². The van der Waals surface area contributed by atoms with Crippen LogP contribution in [-0.4, -0.2) is 41.2 Å². The van der Waals surface area contributed by atoms with Crippen molar-refractivity contribution >= 4 is 11.8 Å². The molecule has 1 saturated heterocycles. The third kappa shape index (κ3) is 4.14. The number of methoxy groups -OCH3 is 1. The molecule has 0 atom stereocenters. The van der Waals surface area contributed by atoms with Crippen molar-refractivity contribution in [2.24, 2.45) is 5.92 Å². The molecule has 1 aliphatic rings. The fourth-order valence-electron chi connectivity index (χ4n) is 3.05. The molecule has 0 saturated carbocycles. The Labute approximate surface area is 147 Å². The number of nitrogens with zero attached hydrogens (tertiary/aromatic N) is 3. The third-order valence-electron chi connectivity index (χ3n) is 4.54. The summed E-state index contributed by atoms with van der Waals surface area (Å²) in [5.74, 6) is 0.544. The maximum atomic E-state index is 11.1. The van der Waals surface area contributed by atoms with Gasteiger partial charge in [0.1, 0.15) is 5.82 Å². The van der Waals surface area contributed by atoms with Gasteiger partial charge in [-0.1, -0.05) is 29.8 Å². The number of benzene rings is 1. The quantitative estimate of drug-likeness (QED) is 0.901. The summed E-state index contributed by atoms with van der Waals surface area (Å²) >= 11 is 0. The normalized spacial score (nSPS) is 15.4. The van der Waals surface area contributed by atoms with Crippen LogP contribution in [0.1, 0.15) is 24.1 Å². The van der Waals surface area contributed by atoms with Crippen LogP contribution in [0.4, 0.5) is 5.82 Å². The van der Waals surface area contributed by atoms with Crippen LogP contribution in [0, 0.1) is 12.8 Å². The SMILES string of the molecule is COCc1cc(N2CCC(C(=O)O)CC2)nc(-c2ccc(C)cc2)n1. The second-order valence-electron chi connectivity index (χ2n) is 6.44. The van der Waals surface area contributed by atoms with Crippen molar-refractivity contribution < 1.29 is 14.6 Å². The van der Waals surface area contributed by atoms with E-state index in [0.29, 0.717) is 38.4 Å². The lowest BCUT2D eigenvalue weighted by Crippen LogP contribution is -2.37. The Morgan fingerprint density at radius 2 is 1.92 bits per heavy atom. The summed E-state index contributed by atoms with van der Waals surface area (Å²) in [4.78, 5) is 22.6. The maximum absolute atomic E-state index is 11.1. The summed E-state index contributed by atoms with van der Waals surface area (Å²) in [5.41, 5.74) is 2.97. The zero-order chi connectivity index (χ0) is 17.8. The van der Waals surface area contributed by atoms with E-state index >= 15 is 0 Å². The fourth-order valence-corrected chi connectivity index (χ4v) is 3.05. The van der Waals surface area contributed by atoms with Gasteiger partial charge in [0.2, 0.25) is 0 Å². The van der Waals surface area contributed by atoms with E-state index in [1.54, 1.807) is 7.11 Å². The first-order chi connectivity index (χ1) is 12.1. The molecule has 6 nitrogen and oxygen atoms in total. The lowest BCUT2D eigenvalue weighted by Gasteiger charge is -2.31. The van der Waals surface area contributed by atoms with Gasteiger partial charge in [0.25, 0.3) is 0 Å². The average Bonchev–Trinajstić information content (AvgIpc) is 2.62. The van der Waals surface area contributed by atoms with Crippen molar-refractivity contribution in [1.82, 2.24) is 9.97 Å². The number of piperidine rings is 1. The van der Waals surface area contributed by atoms with E-state index in [0.717, 1.165) is 17.1 Å². The van der Waals surface area contributed by atoms with Crippen molar-refractivity contribution in [1.29, 1.82) is 0 Å².